The molecule has 102 valence electrons. The summed E-state index contributed by atoms with van der Waals surface area (Å²) in [7, 11) is 0. The summed E-state index contributed by atoms with van der Waals surface area (Å²) >= 11 is 1.17. The van der Waals surface area contributed by atoms with Gasteiger partial charge in [0.25, 0.3) is 5.91 Å². The van der Waals surface area contributed by atoms with Crippen LogP contribution in [0.5, 0.6) is 0 Å². The standard InChI is InChI=1S/C11H18N4OS.ClH/c1-2-12-7-9-3-5-15(6-4-9)11(16)10-8-13-14-17-10;/h8-9,12H,2-7H2,1H3;1H. The maximum atomic E-state index is 12.0. The molecule has 0 atom stereocenters. The fourth-order valence-electron chi connectivity index (χ4n) is 2.11. The van der Waals surface area contributed by atoms with Crippen LogP contribution in [-0.4, -0.2) is 46.6 Å². The lowest BCUT2D eigenvalue weighted by atomic mass is 9.96. The molecule has 18 heavy (non-hydrogen) atoms. The van der Waals surface area contributed by atoms with Gasteiger partial charge in [0.2, 0.25) is 0 Å². The van der Waals surface area contributed by atoms with Gasteiger partial charge in [-0.05, 0) is 43.4 Å². The van der Waals surface area contributed by atoms with Gasteiger partial charge in [-0.25, -0.2) is 0 Å². The molecule has 1 aromatic heterocycles. The van der Waals surface area contributed by atoms with E-state index in [0.717, 1.165) is 39.0 Å². The summed E-state index contributed by atoms with van der Waals surface area (Å²) in [5, 5.41) is 7.07. The lowest BCUT2D eigenvalue weighted by Crippen LogP contribution is -2.40. The predicted molar refractivity (Wildman–Crippen MR) is 74.3 cm³/mol. The lowest BCUT2D eigenvalue weighted by molar-refractivity contribution is 0.0695. The zero-order chi connectivity index (χ0) is 12.1. The number of carbonyl (C=O) groups excluding carboxylic acids is 1. The van der Waals surface area contributed by atoms with Crippen LogP contribution in [0.1, 0.15) is 29.4 Å². The maximum absolute atomic E-state index is 12.0. The van der Waals surface area contributed by atoms with Crippen molar-refractivity contribution >= 4 is 29.8 Å². The van der Waals surface area contributed by atoms with Crippen LogP contribution >= 0.6 is 23.9 Å². The number of aromatic nitrogens is 2. The number of nitrogens with one attached hydrogen (secondary N) is 1. The van der Waals surface area contributed by atoms with Gasteiger partial charge in [0.15, 0.2) is 0 Å². The Kier molecular flexibility index (Phi) is 6.52. The van der Waals surface area contributed by atoms with Gasteiger partial charge in [-0.15, -0.1) is 17.5 Å². The largest absolute Gasteiger partial charge is 0.338 e. The Hall–Kier alpha value is -0.720. The first-order chi connectivity index (χ1) is 8.31. The molecular formula is C11H19ClN4OS. The van der Waals surface area contributed by atoms with Crippen molar-refractivity contribution in [1.82, 2.24) is 19.8 Å². The van der Waals surface area contributed by atoms with E-state index in [0.29, 0.717) is 10.8 Å². The van der Waals surface area contributed by atoms with E-state index >= 15 is 0 Å². The lowest BCUT2D eigenvalue weighted by Gasteiger charge is -2.31. The fraction of sp³-hybridized carbons (Fsp3) is 0.727. The normalized spacial score (nSPS) is 16.4. The molecule has 0 aromatic carbocycles. The van der Waals surface area contributed by atoms with Crippen LogP contribution < -0.4 is 5.32 Å². The molecule has 2 rings (SSSR count). The molecule has 0 aliphatic carbocycles. The monoisotopic (exact) mass is 290 g/mol. The number of halogens is 1. The van der Waals surface area contributed by atoms with Crippen LogP contribution in [-0.2, 0) is 0 Å². The van der Waals surface area contributed by atoms with Gasteiger partial charge >= 0.3 is 0 Å². The van der Waals surface area contributed by atoms with Crippen LogP contribution in [0.4, 0.5) is 0 Å². The van der Waals surface area contributed by atoms with Gasteiger partial charge in [0.05, 0.1) is 6.20 Å². The summed E-state index contributed by atoms with van der Waals surface area (Å²) in [6.45, 7) is 5.92. The van der Waals surface area contributed by atoms with E-state index in [9.17, 15) is 4.79 Å². The molecule has 0 saturated carbocycles. The number of hydrogen-bond donors (Lipinski definition) is 1. The van der Waals surface area contributed by atoms with Crippen molar-refractivity contribution in [2.45, 2.75) is 19.8 Å². The first-order valence-corrected chi connectivity index (χ1v) is 6.86. The highest BCUT2D eigenvalue weighted by atomic mass is 35.5. The van der Waals surface area contributed by atoms with Crippen molar-refractivity contribution in [3.8, 4) is 0 Å². The molecule has 0 spiro atoms. The topological polar surface area (TPSA) is 58.1 Å². The minimum Gasteiger partial charge on any atom is -0.338 e. The minimum absolute atomic E-state index is 0. The molecule has 1 aromatic rings. The summed E-state index contributed by atoms with van der Waals surface area (Å²) in [6, 6.07) is 0. The third kappa shape index (κ3) is 3.90. The Bertz CT molecular complexity index is 352. The van der Waals surface area contributed by atoms with E-state index in [2.05, 4.69) is 21.8 Å². The number of nitrogens with zero attached hydrogens (tertiary/aromatic N) is 3. The highest BCUT2D eigenvalue weighted by Crippen LogP contribution is 2.19. The number of rotatable bonds is 4. The van der Waals surface area contributed by atoms with Crippen LogP contribution in [0.15, 0.2) is 6.20 Å². The Morgan fingerprint density at radius 2 is 2.28 bits per heavy atom. The molecule has 0 radical (unpaired) electrons. The van der Waals surface area contributed by atoms with Crippen molar-refractivity contribution in [1.29, 1.82) is 0 Å². The molecule has 1 amide bonds. The average Bonchev–Trinajstić information content (AvgIpc) is 2.90. The maximum Gasteiger partial charge on any atom is 0.267 e. The van der Waals surface area contributed by atoms with Crippen LogP contribution in [0, 0.1) is 5.92 Å². The first kappa shape index (κ1) is 15.3. The molecule has 1 saturated heterocycles. The number of likely N-dealkylation sites (tertiary alicyclic amines) is 1. The Morgan fingerprint density at radius 3 is 2.83 bits per heavy atom. The number of hydrogen-bond acceptors (Lipinski definition) is 5. The minimum atomic E-state index is 0. The predicted octanol–water partition coefficient (Wildman–Crippen LogP) is 1.42. The third-order valence-electron chi connectivity index (χ3n) is 3.16. The highest BCUT2D eigenvalue weighted by Gasteiger charge is 2.24. The molecule has 1 aliphatic heterocycles. The second kappa shape index (κ2) is 7.66. The van der Waals surface area contributed by atoms with E-state index in [1.165, 1.54) is 11.5 Å². The summed E-state index contributed by atoms with van der Waals surface area (Å²) in [5.74, 6) is 0.792. The first-order valence-electron chi connectivity index (χ1n) is 6.08. The molecular weight excluding hydrogens is 272 g/mol. The number of piperidine rings is 1. The quantitative estimate of drug-likeness (QED) is 0.911. The van der Waals surface area contributed by atoms with Gasteiger partial charge in [0, 0.05) is 13.1 Å². The average molecular weight is 291 g/mol. The molecule has 0 unspecified atom stereocenters. The molecule has 5 nitrogen and oxygen atoms in total. The number of carbonyl (C=O) groups is 1. The summed E-state index contributed by atoms with van der Waals surface area (Å²) in [5.41, 5.74) is 0. The van der Waals surface area contributed by atoms with Gasteiger partial charge in [-0.1, -0.05) is 11.4 Å². The smallest absolute Gasteiger partial charge is 0.267 e. The zero-order valence-electron chi connectivity index (χ0n) is 10.5. The zero-order valence-corrected chi connectivity index (χ0v) is 12.1. The van der Waals surface area contributed by atoms with Crippen molar-refractivity contribution < 1.29 is 4.79 Å². The van der Waals surface area contributed by atoms with Crippen molar-refractivity contribution in [2.24, 2.45) is 5.92 Å². The molecule has 1 fully saturated rings. The van der Waals surface area contributed by atoms with Gasteiger partial charge in [-0.2, -0.15) is 0 Å². The van der Waals surface area contributed by atoms with E-state index in [1.807, 2.05) is 4.90 Å². The molecule has 2 heterocycles. The van der Waals surface area contributed by atoms with E-state index in [4.69, 9.17) is 0 Å². The molecule has 1 aliphatic rings. The Morgan fingerprint density at radius 1 is 1.56 bits per heavy atom. The summed E-state index contributed by atoms with van der Waals surface area (Å²) in [6.07, 6.45) is 3.73. The molecule has 1 N–H and O–H groups in total. The second-order valence-electron chi connectivity index (χ2n) is 4.33. The second-order valence-corrected chi connectivity index (χ2v) is 5.11. The van der Waals surface area contributed by atoms with E-state index < -0.39 is 0 Å². The Balaban J connectivity index is 0.00000162. The summed E-state index contributed by atoms with van der Waals surface area (Å²) < 4.78 is 3.73. The third-order valence-corrected chi connectivity index (χ3v) is 3.81. The van der Waals surface area contributed by atoms with Crippen molar-refractivity contribution in [3.05, 3.63) is 11.1 Å². The van der Waals surface area contributed by atoms with E-state index in [-0.39, 0.29) is 18.3 Å². The molecule has 0 bridgehead atoms. The van der Waals surface area contributed by atoms with Gasteiger partial charge in [-0.3, -0.25) is 4.79 Å². The van der Waals surface area contributed by atoms with Crippen LogP contribution in [0.2, 0.25) is 0 Å². The van der Waals surface area contributed by atoms with Crippen molar-refractivity contribution in [3.63, 3.8) is 0 Å². The van der Waals surface area contributed by atoms with Gasteiger partial charge < -0.3 is 10.2 Å². The van der Waals surface area contributed by atoms with Crippen molar-refractivity contribution in [2.75, 3.05) is 26.2 Å². The van der Waals surface area contributed by atoms with Gasteiger partial charge in [0.1, 0.15) is 4.88 Å². The number of amides is 1. The van der Waals surface area contributed by atoms with Crippen LogP contribution in [0.25, 0.3) is 0 Å². The summed E-state index contributed by atoms with van der Waals surface area (Å²) in [4.78, 5) is 14.6. The highest BCUT2D eigenvalue weighted by molar-refractivity contribution is 7.07. The SMILES string of the molecule is CCNCC1CCN(C(=O)c2cnns2)CC1.Cl. The van der Waals surface area contributed by atoms with Crippen LogP contribution in [0.3, 0.4) is 0 Å². The fourth-order valence-corrected chi connectivity index (χ4v) is 2.59. The molecule has 7 heteroatoms. The Labute approximate surface area is 118 Å². The van der Waals surface area contributed by atoms with E-state index in [1.54, 1.807) is 6.20 Å².